The van der Waals surface area contributed by atoms with Gasteiger partial charge in [0.1, 0.15) is 12.3 Å². The summed E-state index contributed by atoms with van der Waals surface area (Å²) in [5, 5.41) is 32.2. The van der Waals surface area contributed by atoms with Gasteiger partial charge >= 0.3 is 0 Å². The highest BCUT2D eigenvalue weighted by molar-refractivity contribution is 7.86. The van der Waals surface area contributed by atoms with Gasteiger partial charge in [-0.25, -0.2) is 0 Å². The number of carbonyl (C=O) groups excluding carboxylic acids is 1. The van der Waals surface area contributed by atoms with E-state index in [9.17, 15) is 23.4 Å². The summed E-state index contributed by atoms with van der Waals surface area (Å²) in [5.74, 6) is -1.39. The maximum atomic E-state index is 13.8. The zero-order valence-electron chi connectivity index (χ0n) is 26.6. The standard InChI is InChI=1S/C33H47N3O8S/c1-19-10-11-25-31(2,3)28(35-36-12-14-42-15-13-36)24(44-45(40,41)20-8-6-5-7-9-20)18-33(25)32(19,4)17-22-23(37)16-21-26(27(22)43-33)30(39)34-29(21)38/h5-9,19,21-27,30,37,39H,10-18H2,1-4H3,(H,34,38). The normalized spacial score (nSPS) is 45.2. The molecule has 3 heterocycles. The van der Waals surface area contributed by atoms with Crippen LogP contribution in [0.4, 0.5) is 0 Å². The van der Waals surface area contributed by atoms with E-state index in [2.05, 4.69) is 33.0 Å². The van der Waals surface area contributed by atoms with Crippen LogP contribution >= 0.6 is 0 Å². The lowest BCUT2D eigenvalue weighted by Gasteiger charge is -2.70. The molecular weight excluding hydrogens is 598 g/mol. The molecule has 45 heavy (non-hydrogen) atoms. The second-order valence-corrected chi connectivity index (χ2v) is 16.6. The Morgan fingerprint density at radius 1 is 1.07 bits per heavy atom. The lowest BCUT2D eigenvalue weighted by atomic mass is 9.42. The third-order valence-electron chi connectivity index (χ3n) is 12.6. The Morgan fingerprint density at radius 3 is 2.49 bits per heavy atom. The topological polar surface area (TPSA) is 147 Å². The molecule has 248 valence electrons. The van der Waals surface area contributed by atoms with Gasteiger partial charge < -0.3 is 25.0 Å². The van der Waals surface area contributed by atoms with Crippen molar-refractivity contribution < 1.29 is 37.1 Å². The van der Waals surface area contributed by atoms with E-state index in [1.807, 2.05) is 5.01 Å². The van der Waals surface area contributed by atoms with E-state index in [1.54, 1.807) is 18.2 Å². The highest BCUT2D eigenvalue weighted by Crippen LogP contribution is 2.68. The molecular formula is C33H47N3O8S. The Balaban J connectivity index is 1.36. The summed E-state index contributed by atoms with van der Waals surface area (Å²) in [5.41, 5.74) is -1.24. The van der Waals surface area contributed by atoms with Crippen LogP contribution in [0.25, 0.3) is 0 Å². The maximum absolute atomic E-state index is 13.8. The average molecular weight is 646 g/mol. The molecule has 3 saturated heterocycles. The predicted octanol–water partition coefficient (Wildman–Crippen LogP) is 2.52. The van der Waals surface area contributed by atoms with Crippen molar-refractivity contribution >= 4 is 21.7 Å². The van der Waals surface area contributed by atoms with E-state index in [0.29, 0.717) is 44.9 Å². The fourth-order valence-electron chi connectivity index (χ4n) is 10.1. The number of hydrogen-bond acceptors (Lipinski definition) is 10. The van der Waals surface area contributed by atoms with Crippen molar-refractivity contribution in [1.29, 1.82) is 0 Å². The van der Waals surface area contributed by atoms with Crippen LogP contribution in [0.1, 0.15) is 59.8 Å². The second kappa shape index (κ2) is 11.0. The Bertz CT molecular complexity index is 1450. The molecule has 1 amide bonds. The first-order valence-electron chi connectivity index (χ1n) is 16.5. The number of hydrogen-bond donors (Lipinski definition) is 3. The van der Waals surface area contributed by atoms with E-state index in [1.165, 1.54) is 12.1 Å². The molecule has 0 aromatic heterocycles. The summed E-state index contributed by atoms with van der Waals surface area (Å²) in [7, 11) is -4.17. The Hall–Kier alpha value is -2.09. The SMILES string of the molecule is CC1CCC2C(C)(C)C(=NN3CCOCC3)C(OS(=O)(=O)c3ccccc3)CC23OC2C(CC13C)C(O)CC1C(=O)NC(O)C12. The van der Waals surface area contributed by atoms with Gasteiger partial charge in [0.15, 0.2) is 0 Å². The molecule has 1 aromatic carbocycles. The number of nitrogens with one attached hydrogen (secondary N) is 1. The third kappa shape index (κ3) is 4.80. The van der Waals surface area contributed by atoms with Crippen LogP contribution in [0, 0.1) is 40.4 Å². The molecule has 11 nitrogen and oxygen atoms in total. The first-order valence-corrected chi connectivity index (χ1v) is 17.9. The Kier molecular flexibility index (Phi) is 7.69. The fraction of sp³-hybridized carbons (Fsp3) is 0.758. The van der Waals surface area contributed by atoms with E-state index >= 15 is 0 Å². The molecule has 3 aliphatic carbocycles. The van der Waals surface area contributed by atoms with Gasteiger partial charge in [-0.05, 0) is 49.7 Å². The van der Waals surface area contributed by atoms with Crippen LogP contribution < -0.4 is 5.32 Å². The second-order valence-electron chi connectivity index (χ2n) is 15.1. The minimum absolute atomic E-state index is 0.0501. The van der Waals surface area contributed by atoms with Crippen LogP contribution in [0.15, 0.2) is 40.3 Å². The van der Waals surface area contributed by atoms with Gasteiger partial charge in [0.25, 0.3) is 10.1 Å². The molecule has 3 N–H and O–H groups in total. The predicted molar refractivity (Wildman–Crippen MR) is 164 cm³/mol. The monoisotopic (exact) mass is 645 g/mol. The molecule has 0 radical (unpaired) electrons. The first kappa shape index (κ1) is 31.5. The number of aliphatic hydroxyl groups is 2. The minimum atomic E-state index is -4.17. The number of carbonyl (C=O) groups is 1. The van der Waals surface area contributed by atoms with E-state index in [4.69, 9.17) is 18.8 Å². The van der Waals surface area contributed by atoms with Gasteiger partial charge in [0.2, 0.25) is 5.91 Å². The third-order valence-corrected chi connectivity index (χ3v) is 13.9. The fourth-order valence-corrected chi connectivity index (χ4v) is 11.2. The number of morpholine rings is 1. The van der Waals surface area contributed by atoms with E-state index in [0.717, 1.165) is 12.8 Å². The molecule has 3 aliphatic heterocycles. The largest absolute Gasteiger partial charge is 0.393 e. The van der Waals surface area contributed by atoms with Crippen molar-refractivity contribution in [2.45, 2.75) is 94.8 Å². The highest BCUT2D eigenvalue weighted by atomic mass is 32.2. The summed E-state index contributed by atoms with van der Waals surface area (Å²) >= 11 is 0. The number of nitrogens with zero attached hydrogens (tertiary/aromatic N) is 2. The maximum Gasteiger partial charge on any atom is 0.297 e. The Labute approximate surface area is 265 Å². The first-order chi connectivity index (χ1) is 21.3. The van der Waals surface area contributed by atoms with Gasteiger partial charge in [-0.15, -0.1) is 0 Å². The van der Waals surface area contributed by atoms with Crippen LogP contribution in [0.3, 0.4) is 0 Å². The molecule has 6 aliphatic rings. The summed E-state index contributed by atoms with van der Waals surface area (Å²) in [6, 6.07) is 8.19. The number of fused-ring (bicyclic) bond motifs is 3. The molecule has 1 aromatic rings. The number of amides is 1. The van der Waals surface area contributed by atoms with Crippen LogP contribution in [-0.4, -0.2) is 91.7 Å². The van der Waals surface area contributed by atoms with Gasteiger partial charge in [0, 0.05) is 29.1 Å². The summed E-state index contributed by atoms with van der Waals surface area (Å²) < 4.78 is 46.9. The van der Waals surface area contributed by atoms with E-state index < -0.39 is 62.9 Å². The molecule has 3 saturated carbocycles. The van der Waals surface area contributed by atoms with Crippen molar-refractivity contribution in [3.63, 3.8) is 0 Å². The summed E-state index contributed by atoms with van der Waals surface area (Å²) in [6.45, 7) is 11.0. The summed E-state index contributed by atoms with van der Waals surface area (Å²) in [6.07, 6.45) is -0.304. The van der Waals surface area contributed by atoms with Crippen molar-refractivity contribution in [2.24, 2.45) is 45.5 Å². The molecule has 11 atom stereocenters. The lowest BCUT2D eigenvalue weighted by molar-refractivity contribution is -0.327. The number of ether oxygens (including phenoxy) is 2. The number of aliphatic hydroxyl groups excluding tert-OH is 2. The quantitative estimate of drug-likeness (QED) is 0.421. The Morgan fingerprint density at radius 2 is 1.78 bits per heavy atom. The van der Waals surface area contributed by atoms with Gasteiger partial charge in [-0.1, -0.05) is 45.9 Å². The molecule has 12 heteroatoms. The van der Waals surface area contributed by atoms with Crippen molar-refractivity contribution in [3.05, 3.63) is 30.3 Å². The van der Waals surface area contributed by atoms with E-state index in [-0.39, 0.29) is 35.0 Å². The minimum Gasteiger partial charge on any atom is -0.393 e. The van der Waals surface area contributed by atoms with Crippen LogP contribution in [-0.2, 0) is 28.6 Å². The van der Waals surface area contributed by atoms with Crippen molar-refractivity contribution in [1.82, 2.24) is 10.3 Å². The lowest BCUT2D eigenvalue weighted by Crippen LogP contribution is -2.75. The molecule has 6 fully saturated rings. The van der Waals surface area contributed by atoms with Crippen molar-refractivity contribution in [3.8, 4) is 0 Å². The van der Waals surface area contributed by atoms with Crippen LogP contribution in [0.5, 0.6) is 0 Å². The molecule has 7 rings (SSSR count). The molecule has 11 unspecified atom stereocenters. The van der Waals surface area contributed by atoms with Crippen molar-refractivity contribution in [2.75, 3.05) is 26.3 Å². The molecule has 0 bridgehead atoms. The highest BCUT2D eigenvalue weighted by Gasteiger charge is 2.72. The smallest absolute Gasteiger partial charge is 0.297 e. The average Bonchev–Trinajstić information content (AvgIpc) is 3.28. The summed E-state index contributed by atoms with van der Waals surface area (Å²) in [4.78, 5) is 12.9. The van der Waals surface area contributed by atoms with Gasteiger partial charge in [0.05, 0.1) is 60.6 Å². The number of rotatable bonds is 4. The molecule has 1 spiro atoms. The number of benzene rings is 1. The van der Waals surface area contributed by atoms with Crippen LogP contribution in [0.2, 0.25) is 0 Å². The van der Waals surface area contributed by atoms with Gasteiger partial charge in [-0.2, -0.15) is 13.5 Å². The zero-order chi connectivity index (χ0) is 31.9. The van der Waals surface area contributed by atoms with Gasteiger partial charge in [-0.3, -0.25) is 14.0 Å². The number of hydrazone groups is 1. The zero-order valence-corrected chi connectivity index (χ0v) is 27.4.